The molecule has 0 aromatic heterocycles. The normalized spacial score (nSPS) is 15.0. The number of anilines is 1. The first kappa shape index (κ1) is 21.2. The number of amides is 2. The number of rotatable bonds is 2. The highest BCUT2D eigenvalue weighted by atomic mass is 35.5. The Morgan fingerprint density at radius 2 is 1.89 bits per heavy atom. The quantitative estimate of drug-likeness (QED) is 0.510. The number of halogens is 1. The molecule has 27 heavy (non-hydrogen) atoms. The van der Waals surface area contributed by atoms with Crippen LogP contribution in [0.1, 0.15) is 33.6 Å². The molecule has 2 rings (SSSR count). The van der Waals surface area contributed by atoms with Gasteiger partial charge in [-0.25, -0.2) is 4.79 Å². The number of likely N-dealkylation sites (tertiary alicyclic amines) is 1. The highest BCUT2D eigenvalue weighted by molar-refractivity contribution is 7.80. The van der Waals surface area contributed by atoms with E-state index in [1.165, 1.54) is 0 Å². The SMILES string of the molecule is CC(C)(C)OC(=O)N1CCC(C(=O)NNC(=S)Nc2cccc(Cl)c2)CC1. The number of piperidine rings is 1. The van der Waals surface area contributed by atoms with E-state index in [1.807, 2.05) is 26.8 Å². The van der Waals surface area contributed by atoms with E-state index in [4.69, 9.17) is 28.6 Å². The van der Waals surface area contributed by atoms with Gasteiger partial charge in [-0.15, -0.1) is 0 Å². The zero-order valence-electron chi connectivity index (χ0n) is 15.7. The van der Waals surface area contributed by atoms with E-state index >= 15 is 0 Å². The van der Waals surface area contributed by atoms with Crippen LogP contribution < -0.4 is 16.2 Å². The average molecular weight is 413 g/mol. The zero-order chi connectivity index (χ0) is 20.0. The lowest BCUT2D eigenvalue weighted by atomic mass is 9.96. The van der Waals surface area contributed by atoms with Crippen molar-refractivity contribution < 1.29 is 14.3 Å². The number of carbonyl (C=O) groups excluding carboxylic acids is 2. The Kier molecular flexibility index (Phi) is 7.26. The molecule has 0 atom stereocenters. The molecule has 3 N–H and O–H groups in total. The first-order valence-corrected chi connectivity index (χ1v) is 9.53. The average Bonchev–Trinajstić information content (AvgIpc) is 2.58. The fourth-order valence-corrected chi connectivity index (χ4v) is 2.96. The van der Waals surface area contributed by atoms with E-state index in [1.54, 1.807) is 23.1 Å². The fourth-order valence-electron chi connectivity index (χ4n) is 2.60. The van der Waals surface area contributed by atoms with Gasteiger partial charge in [0.05, 0.1) is 0 Å². The van der Waals surface area contributed by atoms with Crippen LogP contribution in [0.15, 0.2) is 24.3 Å². The number of hydrazine groups is 1. The molecule has 1 aromatic rings. The van der Waals surface area contributed by atoms with E-state index in [-0.39, 0.29) is 23.0 Å². The van der Waals surface area contributed by atoms with Crippen molar-refractivity contribution in [3.05, 3.63) is 29.3 Å². The molecule has 1 aromatic carbocycles. The van der Waals surface area contributed by atoms with Crippen molar-refractivity contribution in [3.8, 4) is 0 Å². The minimum absolute atomic E-state index is 0.158. The Morgan fingerprint density at radius 3 is 2.48 bits per heavy atom. The van der Waals surface area contributed by atoms with Crippen LogP contribution in [0.3, 0.4) is 0 Å². The minimum Gasteiger partial charge on any atom is -0.444 e. The van der Waals surface area contributed by atoms with Gasteiger partial charge in [0.1, 0.15) is 5.60 Å². The number of ether oxygens (including phenoxy) is 1. The molecule has 1 aliphatic rings. The first-order chi connectivity index (χ1) is 12.6. The highest BCUT2D eigenvalue weighted by Gasteiger charge is 2.29. The van der Waals surface area contributed by atoms with Gasteiger partial charge in [-0.2, -0.15) is 0 Å². The molecule has 148 valence electrons. The lowest BCUT2D eigenvalue weighted by Crippen LogP contribution is -2.49. The largest absolute Gasteiger partial charge is 0.444 e. The second kappa shape index (κ2) is 9.23. The summed E-state index contributed by atoms with van der Waals surface area (Å²) in [5, 5.41) is 3.78. The van der Waals surface area contributed by atoms with Crippen molar-refractivity contribution in [2.45, 2.75) is 39.2 Å². The van der Waals surface area contributed by atoms with Crippen molar-refractivity contribution in [2.24, 2.45) is 5.92 Å². The summed E-state index contributed by atoms with van der Waals surface area (Å²) < 4.78 is 5.36. The van der Waals surface area contributed by atoms with Crippen molar-refractivity contribution in [1.82, 2.24) is 15.8 Å². The summed E-state index contributed by atoms with van der Waals surface area (Å²) in [6.07, 6.45) is 0.800. The van der Waals surface area contributed by atoms with Crippen molar-refractivity contribution in [3.63, 3.8) is 0 Å². The van der Waals surface area contributed by atoms with E-state index in [0.717, 1.165) is 5.69 Å². The molecule has 1 aliphatic heterocycles. The summed E-state index contributed by atoms with van der Waals surface area (Å²) in [5.41, 5.74) is 5.49. The second-order valence-electron chi connectivity index (χ2n) is 7.32. The number of nitrogens with one attached hydrogen (secondary N) is 3. The van der Waals surface area contributed by atoms with Crippen LogP contribution in [-0.2, 0) is 9.53 Å². The number of hydrogen-bond donors (Lipinski definition) is 3. The lowest BCUT2D eigenvalue weighted by Gasteiger charge is -2.32. The molecular weight excluding hydrogens is 388 g/mol. The second-order valence-corrected chi connectivity index (χ2v) is 8.17. The van der Waals surface area contributed by atoms with E-state index in [0.29, 0.717) is 31.0 Å². The van der Waals surface area contributed by atoms with Gasteiger partial charge in [-0.05, 0) is 64.0 Å². The Labute approximate surface area is 169 Å². The molecule has 0 unspecified atom stereocenters. The van der Waals surface area contributed by atoms with Gasteiger partial charge in [0.15, 0.2) is 5.11 Å². The van der Waals surface area contributed by atoms with Crippen LogP contribution in [0.4, 0.5) is 10.5 Å². The van der Waals surface area contributed by atoms with Gasteiger partial charge in [-0.1, -0.05) is 17.7 Å². The molecule has 9 heteroatoms. The van der Waals surface area contributed by atoms with Gasteiger partial charge >= 0.3 is 6.09 Å². The third kappa shape index (κ3) is 7.22. The molecule has 2 amide bonds. The Balaban J connectivity index is 1.73. The molecule has 1 heterocycles. The molecule has 7 nitrogen and oxygen atoms in total. The van der Waals surface area contributed by atoms with E-state index in [2.05, 4.69) is 16.2 Å². The summed E-state index contributed by atoms with van der Waals surface area (Å²) in [5.74, 6) is -0.348. The topological polar surface area (TPSA) is 82.7 Å². The van der Waals surface area contributed by atoms with Crippen molar-refractivity contribution in [1.29, 1.82) is 0 Å². The minimum atomic E-state index is -0.527. The molecular formula is C18H25ClN4O3S. The fraction of sp³-hybridized carbons (Fsp3) is 0.500. The summed E-state index contributed by atoms with van der Waals surface area (Å²) in [4.78, 5) is 26.0. The molecule has 0 spiro atoms. The van der Waals surface area contributed by atoms with Gasteiger partial charge in [0, 0.05) is 29.7 Å². The third-order valence-electron chi connectivity index (χ3n) is 3.90. The maximum Gasteiger partial charge on any atom is 0.410 e. The number of nitrogens with zero attached hydrogens (tertiary/aromatic N) is 1. The number of hydrogen-bond acceptors (Lipinski definition) is 4. The monoisotopic (exact) mass is 412 g/mol. The predicted molar refractivity (Wildman–Crippen MR) is 109 cm³/mol. The molecule has 0 saturated carbocycles. The highest BCUT2D eigenvalue weighted by Crippen LogP contribution is 2.20. The smallest absolute Gasteiger partial charge is 0.410 e. The van der Waals surface area contributed by atoms with Crippen LogP contribution in [0.2, 0.25) is 5.02 Å². The maximum atomic E-state index is 12.3. The Hall–Kier alpha value is -2.06. The number of thiocarbonyl (C=S) groups is 1. The Morgan fingerprint density at radius 1 is 1.22 bits per heavy atom. The Bertz CT molecular complexity index is 700. The van der Waals surface area contributed by atoms with Crippen LogP contribution in [-0.4, -0.2) is 40.7 Å². The summed E-state index contributed by atoms with van der Waals surface area (Å²) >= 11 is 11.1. The van der Waals surface area contributed by atoms with Gasteiger partial charge in [0.25, 0.3) is 0 Å². The standard InChI is InChI=1S/C18H25ClN4O3S/c1-18(2,3)26-17(25)23-9-7-12(8-10-23)15(24)21-22-16(27)20-14-6-4-5-13(19)11-14/h4-6,11-12H,7-10H2,1-3H3,(H,21,24)(H2,20,22,27). The summed E-state index contributed by atoms with van der Waals surface area (Å²) in [6, 6.07) is 7.09. The van der Waals surface area contributed by atoms with Crippen molar-refractivity contribution >= 4 is 46.6 Å². The molecule has 0 radical (unpaired) electrons. The predicted octanol–water partition coefficient (Wildman–Crippen LogP) is 3.30. The first-order valence-electron chi connectivity index (χ1n) is 8.74. The van der Waals surface area contributed by atoms with Crippen LogP contribution in [0, 0.1) is 5.92 Å². The van der Waals surface area contributed by atoms with Gasteiger partial charge in [0.2, 0.25) is 5.91 Å². The van der Waals surface area contributed by atoms with Crippen LogP contribution >= 0.6 is 23.8 Å². The van der Waals surface area contributed by atoms with Gasteiger partial charge < -0.3 is 15.0 Å². The lowest BCUT2D eigenvalue weighted by molar-refractivity contribution is -0.127. The third-order valence-corrected chi connectivity index (χ3v) is 4.34. The molecule has 1 saturated heterocycles. The van der Waals surface area contributed by atoms with E-state index in [9.17, 15) is 9.59 Å². The van der Waals surface area contributed by atoms with E-state index < -0.39 is 5.60 Å². The van der Waals surface area contributed by atoms with Gasteiger partial charge in [-0.3, -0.25) is 15.6 Å². The number of carbonyl (C=O) groups is 2. The van der Waals surface area contributed by atoms with Crippen molar-refractivity contribution in [2.75, 3.05) is 18.4 Å². The zero-order valence-corrected chi connectivity index (χ0v) is 17.2. The van der Waals surface area contributed by atoms with Crippen LogP contribution in [0.25, 0.3) is 0 Å². The molecule has 0 bridgehead atoms. The summed E-state index contributed by atoms with van der Waals surface area (Å²) in [7, 11) is 0. The summed E-state index contributed by atoms with van der Waals surface area (Å²) in [6.45, 7) is 6.46. The number of benzene rings is 1. The maximum absolute atomic E-state index is 12.3. The molecule has 1 fully saturated rings. The van der Waals surface area contributed by atoms with Crippen LogP contribution in [0.5, 0.6) is 0 Å². The molecule has 0 aliphatic carbocycles.